The van der Waals surface area contributed by atoms with Gasteiger partial charge in [0.1, 0.15) is 0 Å². The molecule has 6 heteroatoms. The Morgan fingerprint density at radius 1 is 1.17 bits per heavy atom. The number of carbonyl (C=O) groups excluding carboxylic acids is 2. The minimum absolute atomic E-state index is 0.176. The molecule has 4 rings (SSSR count). The van der Waals surface area contributed by atoms with Crippen LogP contribution in [0.4, 0.5) is 0 Å². The highest BCUT2D eigenvalue weighted by Gasteiger charge is 2.36. The molecule has 2 heterocycles. The number of amides is 2. The lowest BCUT2D eigenvalue weighted by Crippen LogP contribution is -2.39. The van der Waals surface area contributed by atoms with Gasteiger partial charge in [0.2, 0.25) is 11.8 Å². The van der Waals surface area contributed by atoms with Gasteiger partial charge in [-0.25, -0.2) is 4.98 Å². The quantitative estimate of drug-likeness (QED) is 0.891. The standard InChI is InChI=1S/C18H25N3O2S/c22-16(12-3-1-4-12)19-9-15-11-24-17(20-15)14-5-2-8-21(10-14)18(23)13-6-7-13/h11-14H,1-10H2,(H,19,22). The van der Waals surface area contributed by atoms with Crippen molar-refractivity contribution < 1.29 is 9.59 Å². The highest BCUT2D eigenvalue weighted by Crippen LogP contribution is 2.35. The first-order valence-electron chi connectivity index (χ1n) is 9.21. The van der Waals surface area contributed by atoms with Gasteiger partial charge in [-0.05, 0) is 38.5 Å². The fraction of sp³-hybridized carbons (Fsp3) is 0.722. The van der Waals surface area contributed by atoms with E-state index >= 15 is 0 Å². The predicted molar refractivity (Wildman–Crippen MR) is 92.6 cm³/mol. The summed E-state index contributed by atoms with van der Waals surface area (Å²) >= 11 is 1.67. The molecule has 0 radical (unpaired) electrons. The number of aromatic nitrogens is 1. The zero-order valence-corrected chi connectivity index (χ0v) is 14.8. The van der Waals surface area contributed by atoms with Crippen molar-refractivity contribution in [3.8, 4) is 0 Å². The number of piperidine rings is 1. The molecule has 0 aromatic carbocycles. The van der Waals surface area contributed by atoms with Crippen LogP contribution in [0.15, 0.2) is 5.38 Å². The smallest absolute Gasteiger partial charge is 0.225 e. The molecule has 1 aromatic rings. The second-order valence-corrected chi connectivity index (χ2v) is 8.31. The molecule has 1 aromatic heterocycles. The van der Waals surface area contributed by atoms with Gasteiger partial charge in [0, 0.05) is 36.2 Å². The van der Waals surface area contributed by atoms with E-state index in [0.717, 1.165) is 62.3 Å². The number of hydrogen-bond acceptors (Lipinski definition) is 4. The van der Waals surface area contributed by atoms with Crippen LogP contribution in [-0.4, -0.2) is 34.8 Å². The first-order chi connectivity index (χ1) is 11.7. The van der Waals surface area contributed by atoms with E-state index in [2.05, 4.69) is 10.7 Å². The van der Waals surface area contributed by atoms with E-state index in [-0.39, 0.29) is 11.8 Å². The Hall–Kier alpha value is -1.43. The number of likely N-dealkylation sites (tertiary alicyclic amines) is 1. The van der Waals surface area contributed by atoms with Gasteiger partial charge in [-0.3, -0.25) is 9.59 Å². The molecule has 3 fully saturated rings. The molecular weight excluding hydrogens is 322 g/mol. The Morgan fingerprint density at radius 3 is 2.71 bits per heavy atom. The van der Waals surface area contributed by atoms with Crippen LogP contribution < -0.4 is 5.32 Å². The zero-order chi connectivity index (χ0) is 16.5. The minimum Gasteiger partial charge on any atom is -0.350 e. The second kappa shape index (κ2) is 6.82. The van der Waals surface area contributed by atoms with Crippen molar-refractivity contribution >= 4 is 23.2 Å². The van der Waals surface area contributed by atoms with E-state index in [1.807, 2.05) is 4.90 Å². The third kappa shape index (κ3) is 3.48. The first-order valence-corrected chi connectivity index (χ1v) is 10.1. The van der Waals surface area contributed by atoms with Gasteiger partial charge in [0.25, 0.3) is 0 Å². The highest BCUT2D eigenvalue weighted by molar-refractivity contribution is 7.09. The summed E-state index contributed by atoms with van der Waals surface area (Å²) in [5.74, 6) is 1.42. The molecular formula is C18H25N3O2S. The Labute approximate surface area is 146 Å². The summed E-state index contributed by atoms with van der Waals surface area (Å²) in [7, 11) is 0. The summed E-state index contributed by atoms with van der Waals surface area (Å²) in [5.41, 5.74) is 0.952. The molecule has 5 nitrogen and oxygen atoms in total. The third-order valence-electron chi connectivity index (χ3n) is 5.50. The van der Waals surface area contributed by atoms with Crippen molar-refractivity contribution in [2.24, 2.45) is 11.8 Å². The van der Waals surface area contributed by atoms with Crippen LogP contribution >= 0.6 is 11.3 Å². The van der Waals surface area contributed by atoms with Crippen molar-refractivity contribution in [3.63, 3.8) is 0 Å². The third-order valence-corrected chi connectivity index (χ3v) is 6.55. The van der Waals surface area contributed by atoms with Gasteiger partial charge < -0.3 is 10.2 Å². The molecule has 0 spiro atoms. The van der Waals surface area contributed by atoms with Gasteiger partial charge in [-0.15, -0.1) is 11.3 Å². The maximum Gasteiger partial charge on any atom is 0.225 e. The molecule has 2 saturated carbocycles. The van der Waals surface area contributed by atoms with Gasteiger partial charge in [0.15, 0.2) is 0 Å². The Balaban J connectivity index is 1.31. The maximum absolute atomic E-state index is 12.3. The predicted octanol–water partition coefficient (Wildman–Crippen LogP) is 2.68. The molecule has 24 heavy (non-hydrogen) atoms. The maximum atomic E-state index is 12.3. The van der Waals surface area contributed by atoms with E-state index in [1.165, 1.54) is 6.42 Å². The van der Waals surface area contributed by atoms with Crippen LogP contribution in [0.2, 0.25) is 0 Å². The molecule has 130 valence electrons. The van der Waals surface area contributed by atoms with Crippen LogP contribution in [0.5, 0.6) is 0 Å². The van der Waals surface area contributed by atoms with Crippen LogP contribution in [-0.2, 0) is 16.1 Å². The number of nitrogens with one attached hydrogen (secondary N) is 1. The van der Waals surface area contributed by atoms with Gasteiger partial charge in [0.05, 0.1) is 17.2 Å². The minimum atomic E-state index is 0.176. The van der Waals surface area contributed by atoms with Gasteiger partial charge in [-0.1, -0.05) is 6.42 Å². The average molecular weight is 347 g/mol. The molecule has 1 saturated heterocycles. The molecule has 3 aliphatic rings. The lowest BCUT2D eigenvalue weighted by atomic mass is 9.85. The fourth-order valence-electron chi connectivity index (χ4n) is 3.55. The molecule has 1 unspecified atom stereocenters. The average Bonchev–Trinajstić information content (AvgIpc) is 3.29. The van der Waals surface area contributed by atoms with Crippen LogP contribution in [0.1, 0.15) is 61.6 Å². The Bertz CT molecular complexity index is 622. The van der Waals surface area contributed by atoms with Crippen molar-refractivity contribution in [1.29, 1.82) is 0 Å². The van der Waals surface area contributed by atoms with Crippen molar-refractivity contribution in [1.82, 2.24) is 15.2 Å². The number of thiazole rings is 1. The molecule has 2 aliphatic carbocycles. The Kier molecular flexibility index (Phi) is 4.57. The molecule has 2 amide bonds. The number of nitrogens with zero attached hydrogens (tertiary/aromatic N) is 2. The molecule has 1 atom stereocenters. The second-order valence-electron chi connectivity index (χ2n) is 7.42. The summed E-state index contributed by atoms with van der Waals surface area (Å²) in [6, 6.07) is 0. The van der Waals surface area contributed by atoms with E-state index in [4.69, 9.17) is 4.98 Å². The zero-order valence-electron chi connectivity index (χ0n) is 14.0. The van der Waals surface area contributed by atoms with Crippen LogP contribution in [0.3, 0.4) is 0 Å². The SMILES string of the molecule is O=C(NCc1csc(C2CCCN(C(=O)C3CC3)C2)n1)C1CCC1. The topological polar surface area (TPSA) is 62.3 Å². The number of carbonyl (C=O) groups is 2. The van der Waals surface area contributed by atoms with Crippen LogP contribution in [0, 0.1) is 11.8 Å². The summed E-state index contributed by atoms with van der Waals surface area (Å²) in [6.45, 7) is 2.25. The van der Waals surface area contributed by atoms with Gasteiger partial charge in [-0.2, -0.15) is 0 Å². The first kappa shape index (κ1) is 16.1. The lowest BCUT2D eigenvalue weighted by molar-refractivity contribution is -0.133. The Morgan fingerprint density at radius 2 is 2.00 bits per heavy atom. The summed E-state index contributed by atoms with van der Waals surface area (Å²) < 4.78 is 0. The molecule has 0 bridgehead atoms. The highest BCUT2D eigenvalue weighted by atomic mass is 32.1. The van der Waals surface area contributed by atoms with Crippen molar-refractivity contribution in [2.45, 2.75) is 57.4 Å². The largest absolute Gasteiger partial charge is 0.350 e. The van der Waals surface area contributed by atoms with Crippen molar-refractivity contribution in [2.75, 3.05) is 13.1 Å². The molecule has 1 N–H and O–H groups in total. The lowest BCUT2D eigenvalue weighted by Gasteiger charge is -2.32. The van der Waals surface area contributed by atoms with E-state index in [0.29, 0.717) is 24.3 Å². The summed E-state index contributed by atoms with van der Waals surface area (Å²) in [5, 5.41) is 6.18. The molecule has 1 aliphatic heterocycles. The van der Waals surface area contributed by atoms with E-state index in [9.17, 15) is 9.59 Å². The van der Waals surface area contributed by atoms with Gasteiger partial charge >= 0.3 is 0 Å². The number of rotatable bonds is 5. The monoisotopic (exact) mass is 347 g/mol. The fourth-order valence-corrected chi connectivity index (χ4v) is 4.50. The van der Waals surface area contributed by atoms with E-state index < -0.39 is 0 Å². The van der Waals surface area contributed by atoms with E-state index in [1.54, 1.807) is 11.3 Å². The summed E-state index contributed by atoms with van der Waals surface area (Å²) in [4.78, 5) is 31.0. The normalized spacial score (nSPS) is 24.5. The van der Waals surface area contributed by atoms with Crippen molar-refractivity contribution in [3.05, 3.63) is 16.1 Å². The summed E-state index contributed by atoms with van der Waals surface area (Å²) in [6.07, 6.45) is 7.55. The number of hydrogen-bond donors (Lipinski definition) is 1. The van der Waals surface area contributed by atoms with Crippen LogP contribution in [0.25, 0.3) is 0 Å².